The quantitative estimate of drug-likeness (QED) is 0.890. The smallest absolute Gasteiger partial charge is 0.261 e. The van der Waals surface area contributed by atoms with Gasteiger partial charge in [-0.1, -0.05) is 19.1 Å². The minimum atomic E-state index is -3.69. The summed E-state index contributed by atoms with van der Waals surface area (Å²) in [4.78, 5) is 12.4. The van der Waals surface area contributed by atoms with Crippen molar-refractivity contribution in [2.75, 3.05) is 15.8 Å². The molecule has 7 heteroatoms. The van der Waals surface area contributed by atoms with Gasteiger partial charge in [0, 0.05) is 10.6 Å². The summed E-state index contributed by atoms with van der Waals surface area (Å²) in [7, 11) is -3.69. The van der Waals surface area contributed by atoms with E-state index in [1.165, 1.54) is 17.8 Å². The summed E-state index contributed by atoms with van der Waals surface area (Å²) >= 11 is 1.40. The Morgan fingerprint density at radius 2 is 1.91 bits per heavy atom. The topological polar surface area (TPSA) is 75.3 Å². The number of rotatable bonds is 4. The van der Waals surface area contributed by atoms with Crippen LogP contribution in [0.1, 0.15) is 12.5 Å². The molecule has 0 unspecified atom stereocenters. The number of benzene rings is 2. The number of carbonyl (C=O) groups is 1. The zero-order valence-electron chi connectivity index (χ0n) is 12.5. The number of hydrogen-bond acceptors (Lipinski definition) is 4. The highest BCUT2D eigenvalue weighted by atomic mass is 32.2. The van der Waals surface area contributed by atoms with Crippen LogP contribution < -0.4 is 10.0 Å². The van der Waals surface area contributed by atoms with E-state index in [9.17, 15) is 13.2 Å². The average Bonchev–Trinajstić information content (AvgIpc) is 2.54. The first kappa shape index (κ1) is 15.9. The molecule has 0 bridgehead atoms. The Morgan fingerprint density at radius 3 is 2.61 bits per heavy atom. The highest BCUT2D eigenvalue weighted by molar-refractivity contribution is 8.00. The number of sulfonamides is 1. The zero-order chi connectivity index (χ0) is 16.4. The van der Waals surface area contributed by atoms with Crippen LogP contribution >= 0.6 is 11.8 Å². The number of carbonyl (C=O) groups excluding carboxylic acids is 1. The molecule has 0 atom stereocenters. The summed E-state index contributed by atoms with van der Waals surface area (Å²) in [6.07, 6.45) is 0.898. The molecule has 2 aromatic rings. The van der Waals surface area contributed by atoms with Gasteiger partial charge in [0.15, 0.2) is 0 Å². The normalized spacial score (nSPS) is 14.0. The van der Waals surface area contributed by atoms with Gasteiger partial charge in [-0.15, -0.1) is 11.8 Å². The van der Waals surface area contributed by atoms with Gasteiger partial charge >= 0.3 is 0 Å². The second-order valence-electron chi connectivity index (χ2n) is 5.15. The number of nitrogens with one attached hydrogen (secondary N) is 2. The monoisotopic (exact) mass is 348 g/mol. The molecule has 23 heavy (non-hydrogen) atoms. The van der Waals surface area contributed by atoms with E-state index >= 15 is 0 Å². The van der Waals surface area contributed by atoms with Crippen molar-refractivity contribution >= 4 is 39.1 Å². The van der Waals surface area contributed by atoms with Gasteiger partial charge in [-0.25, -0.2) is 8.42 Å². The minimum Gasteiger partial charge on any atom is -0.324 e. The van der Waals surface area contributed by atoms with Gasteiger partial charge in [0.1, 0.15) is 0 Å². The lowest BCUT2D eigenvalue weighted by atomic mass is 10.2. The van der Waals surface area contributed by atoms with E-state index in [4.69, 9.17) is 0 Å². The van der Waals surface area contributed by atoms with Crippen molar-refractivity contribution in [2.45, 2.75) is 23.1 Å². The van der Waals surface area contributed by atoms with Crippen molar-refractivity contribution in [3.8, 4) is 0 Å². The number of hydrogen-bond donors (Lipinski definition) is 2. The van der Waals surface area contributed by atoms with Crippen molar-refractivity contribution in [3.05, 3.63) is 48.0 Å². The van der Waals surface area contributed by atoms with Gasteiger partial charge in [0.05, 0.1) is 16.3 Å². The Labute approximate surface area is 139 Å². The summed E-state index contributed by atoms with van der Waals surface area (Å²) in [6.45, 7) is 2.04. The van der Waals surface area contributed by atoms with Crippen molar-refractivity contribution < 1.29 is 13.2 Å². The van der Waals surface area contributed by atoms with Crippen LogP contribution in [0.5, 0.6) is 0 Å². The Morgan fingerprint density at radius 1 is 1.17 bits per heavy atom. The average molecular weight is 348 g/mol. The highest BCUT2D eigenvalue weighted by Gasteiger charge is 2.20. The summed E-state index contributed by atoms with van der Waals surface area (Å²) in [6, 6.07) is 12.0. The molecule has 5 nitrogen and oxygen atoms in total. The van der Waals surface area contributed by atoms with E-state index in [0.717, 1.165) is 16.9 Å². The summed E-state index contributed by atoms with van der Waals surface area (Å²) in [5.74, 6) is 0.223. The number of amides is 1. The van der Waals surface area contributed by atoms with Gasteiger partial charge in [-0.2, -0.15) is 0 Å². The molecule has 0 spiro atoms. The van der Waals surface area contributed by atoms with Crippen molar-refractivity contribution in [2.24, 2.45) is 0 Å². The van der Waals surface area contributed by atoms with Crippen LogP contribution in [0, 0.1) is 0 Å². The fourth-order valence-corrected chi connectivity index (χ4v) is 4.12. The van der Waals surface area contributed by atoms with Crippen LogP contribution in [0.15, 0.2) is 52.3 Å². The van der Waals surface area contributed by atoms with Gasteiger partial charge in [0.2, 0.25) is 5.91 Å². The van der Waals surface area contributed by atoms with E-state index in [1.54, 1.807) is 24.3 Å². The summed E-state index contributed by atoms with van der Waals surface area (Å²) < 4.78 is 27.5. The molecule has 0 aromatic heterocycles. The van der Waals surface area contributed by atoms with E-state index < -0.39 is 10.0 Å². The van der Waals surface area contributed by atoms with Crippen molar-refractivity contribution in [1.29, 1.82) is 0 Å². The lowest BCUT2D eigenvalue weighted by Crippen LogP contribution is -2.20. The van der Waals surface area contributed by atoms with Crippen LogP contribution in [0.4, 0.5) is 11.4 Å². The number of thioether (sulfide) groups is 1. The number of anilines is 2. The lowest BCUT2D eigenvalue weighted by Gasteiger charge is -2.17. The zero-order valence-corrected chi connectivity index (χ0v) is 14.1. The maximum atomic E-state index is 12.5. The second kappa shape index (κ2) is 6.25. The highest BCUT2D eigenvalue weighted by Crippen LogP contribution is 2.33. The molecule has 3 rings (SSSR count). The molecular weight excluding hydrogens is 332 g/mol. The number of aryl methyl sites for hydroxylation is 1. The molecule has 1 aliphatic rings. The first-order valence-corrected chi connectivity index (χ1v) is 9.63. The summed E-state index contributed by atoms with van der Waals surface area (Å²) in [5.41, 5.74) is 2.19. The lowest BCUT2D eigenvalue weighted by molar-refractivity contribution is -0.113. The molecule has 0 saturated carbocycles. The van der Waals surface area contributed by atoms with Gasteiger partial charge in [0.25, 0.3) is 10.0 Å². The van der Waals surface area contributed by atoms with Crippen LogP contribution in [0.2, 0.25) is 0 Å². The summed E-state index contributed by atoms with van der Waals surface area (Å²) in [5, 5.41) is 2.70. The van der Waals surface area contributed by atoms with Crippen molar-refractivity contribution in [3.63, 3.8) is 0 Å². The molecule has 1 aliphatic heterocycles. The van der Waals surface area contributed by atoms with E-state index in [1.807, 2.05) is 19.1 Å². The predicted molar refractivity (Wildman–Crippen MR) is 92.4 cm³/mol. The third-order valence-electron chi connectivity index (χ3n) is 3.51. The third kappa shape index (κ3) is 3.51. The number of fused-ring (bicyclic) bond motifs is 1. The molecule has 0 radical (unpaired) electrons. The standard InChI is InChI=1S/C16H16N2O3S2/c1-2-11-3-5-12(6-4-11)18-23(20,21)13-7-8-15-14(9-13)17-16(19)10-22-15/h3-9,18H,2,10H2,1H3,(H,17,19). The second-order valence-corrected chi connectivity index (χ2v) is 7.85. The fraction of sp³-hybridized carbons (Fsp3) is 0.188. The van der Waals surface area contributed by atoms with Crippen LogP contribution in [0.3, 0.4) is 0 Å². The first-order chi connectivity index (χ1) is 11.0. The molecule has 2 aromatic carbocycles. The molecule has 1 heterocycles. The molecule has 0 aliphatic carbocycles. The van der Waals surface area contributed by atoms with Gasteiger partial charge < -0.3 is 5.32 Å². The van der Waals surface area contributed by atoms with E-state index in [2.05, 4.69) is 10.0 Å². The fourth-order valence-electron chi connectivity index (χ4n) is 2.25. The molecule has 2 N–H and O–H groups in total. The van der Waals surface area contributed by atoms with E-state index in [-0.39, 0.29) is 10.8 Å². The van der Waals surface area contributed by atoms with Crippen LogP contribution in [0.25, 0.3) is 0 Å². The molecule has 0 fully saturated rings. The Kier molecular flexibility index (Phi) is 4.32. The Balaban J connectivity index is 1.87. The Bertz CT molecular complexity index is 846. The molecule has 1 amide bonds. The molecule has 120 valence electrons. The van der Waals surface area contributed by atoms with Gasteiger partial charge in [-0.05, 0) is 42.3 Å². The maximum Gasteiger partial charge on any atom is 0.261 e. The largest absolute Gasteiger partial charge is 0.324 e. The first-order valence-electron chi connectivity index (χ1n) is 7.16. The predicted octanol–water partition coefficient (Wildman–Crippen LogP) is 3.09. The van der Waals surface area contributed by atoms with Gasteiger partial charge in [-0.3, -0.25) is 9.52 Å². The Hall–Kier alpha value is -1.99. The minimum absolute atomic E-state index is 0.124. The van der Waals surface area contributed by atoms with Crippen LogP contribution in [-0.4, -0.2) is 20.1 Å². The van der Waals surface area contributed by atoms with Crippen molar-refractivity contribution in [1.82, 2.24) is 0 Å². The third-order valence-corrected chi connectivity index (χ3v) is 5.96. The van der Waals surface area contributed by atoms with Crippen LogP contribution in [-0.2, 0) is 21.2 Å². The maximum absolute atomic E-state index is 12.5. The molecule has 0 saturated heterocycles. The SMILES string of the molecule is CCc1ccc(NS(=O)(=O)c2ccc3c(c2)NC(=O)CS3)cc1. The molecular formula is C16H16N2O3S2. The van der Waals surface area contributed by atoms with E-state index in [0.29, 0.717) is 17.1 Å².